The highest BCUT2D eigenvalue weighted by Crippen LogP contribution is 2.45. The van der Waals surface area contributed by atoms with E-state index in [2.05, 4.69) is 10.3 Å². The molecule has 0 saturated carbocycles. The van der Waals surface area contributed by atoms with Crippen LogP contribution >= 0.6 is 11.3 Å². The van der Waals surface area contributed by atoms with Gasteiger partial charge < -0.3 is 10.1 Å². The normalized spacial score (nSPS) is 13.2. The summed E-state index contributed by atoms with van der Waals surface area (Å²) < 4.78 is 5.73. The van der Waals surface area contributed by atoms with Crippen molar-refractivity contribution in [2.45, 2.75) is 26.9 Å². The Hall–Kier alpha value is -2.93. The first kappa shape index (κ1) is 16.5. The van der Waals surface area contributed by atoms with Crippen molar-refractivity contribution in [1.29, 1.82) is 0 Å². The number of amides is 2. The van der Waals surface area contributed by atoms with Crippen molar-refractivity contribution in [2.75, 3.05) is 10.2 Å². The van der Waals surface area contributed by atoms with Crippen LogP contribution in [-0.4, -0.2) is 23.4 Å². The number of anilines is 3. The minimum Gasteiger partial charge on any atom is -0.491 e. The summed E-state index contributed by atoms with van der Waals surface area (Å²) >= 11 is 1.27. The molecule has 7 heteroatoms. The van der Waals surface area contributed by atoms with Gasteiger partial charge in [-0.25, -0.2) is 9.78 Å². The van der Waals surface area contributed by atoms with Gasteiger partial charge in [0.15, 0.2) is 6.29 Å². The van der Waals surface area contributed by atoms with Gasteiger partial charge in [0, 0.05) is 6.20 Å². The fraction of sp³-hybridized carbons (Fsp3) is 0.211. The summed E-state index contributed by atoms with van der Waals surface area (Å²) in [6, 6.07) is 7.14. The molecule has 0 saturated heterocycles. The number of nitrogens with zero attached hydrogens (tertiary/aromatic N) is 2. The molecule has 4 rings (SSSR count). The summed E-state index contributed by atoms with van der Waals surface area (Å²) in [5, 5.41) is 3.63. The van der Waals surface area contributed by atoms with Gasteiger partial charge in [-0.05, 0) is 50.6 Å². The Labute approximate surface area is 154 Å². The number of thiophene rings is 1. The van der Waals surface area contributed by atoms with Gasteiger partial charge in [0.05, 0.1) is 33.4 Å². The Morgan fingerprint density at radius 1 is 1.27 bits per heavy atom. The Morgan fingerprint density at radius 3 is 2.77 bits per heavy atom. The van der Waals surface area contributed by atoms with Gasteiger partial charge in [0.1, 0.15) is 10.6 Å². The van der Waals surface area contributed by atoms with Crippen molar-refractivity contribution in [3.8, 4) is 5.75 Å². The highest BCUT2D eigenvalue weighted by molar-refractivity contribution is 7.21. The van der Waals surface area contributed by atoms with Crippen LogP contribution in [0, 0.1) is 6.92 Å². The smallest absolute Gasteiger partial charge is 0.331 e. The zero-order valence-electron chi connectivity index (χ0n) is 14.6. The van der Waals surface area contributed by atoms with Crippen LogP contribution in [-0.2, 0) is 0 Å². The fourth-order valence-corrected chi connectivity index (χ4v) is 4.09. The molecule has 0 fully saturated rings. The highest BCUT2D eigenvalue weighted by Gasteiger charge is 2.31. The third-order valence-corrected chi connectivity index (χ3v) is 5.18. The lowest BCUT2D eigenvalue weighted by Crippen LogP contribution is -2.34. The van der Waals surface area contributed by atoms with E-state index in [1.165, 1.54) is 11.3 Å². The van der Waals surface area contributed by atoms with Gasteiger partial charge in [0.2, 0.25) is 0 Å². The van der Waals surface area contributed by atoms with E-state index >= 15 is 0 Å². The number of aldehydes is 1. The van der Waals surface area contributed by atoms with Crippen molar-refractivity contribution in [1.82, 2.24) is 4.98 Å². The van der Waals surface area contributed by atoms with Crippen molar-refractivity contribution >= 4 is 50.9 Å². The summed E-state index contributed by atoms with van der Waals surface area (Å²) in [4.78, 5) is 31.3. The van der Waals surface area contributed by atoms with Crippen molar-refractivity contribution in [3.05, 3.63) is 40.9 Å². The average Bonchev–Trinajstić information content (AvgIpc) is 2.95. The summed E-state index contributed by atoms with van der Waals surface area (Å²) in [5.74, 6) is 0.762. The van der Waals surface area contributed by atoms with E-state index < -0.39 is 0 Å². The molecule has 0 spiro atoms. The Morgan fingerprint density at radius 2 is 2.08 bits per heavy atom. The lowest BCUT2D eigenvalue weighted by Gasteiger charge is -2.29. The van der Waals surface area contributed by atoms with Crippen LogP contribution < -0.4 is 15.0 Å². The standard InChI is InChI=1S/C19H17N3O3S/c1-10(2)25-12-4-5-13(11(3)8-12)22-14-6-7-20-18-16(14)17(21-19(22)24)15(9-23)26-18/h4-10H,1-3H3,(H,21,24). The molecule has 1 aromatic carbocycles. The molecule has 2 amide bonds. The van der Waals surface area contributed by atoms with E-state index in [1.807, 2.05) is 39.0 Å². The summed E-state index contributed by atoms with van der Waals surface area (Å²) in [7, 11) is 0. The third-order valence-electron chi connectivity index (χ3n) is 4.16. The molecule has 1 N–H and O–H groups in total. The quantitative estimate of drug-likeness (QED) is 0.667. The molecule has 0 atom stereocenters. The molecule has 2 aromatic heterocycles. The zero-order valence-corrected chi connectivity index (χ0v) is 15.4. The van der Waals surface area contributed by atoms with E-state index in [9.17, 15) is 9.59 Å². The van der Waals surface area contributed by atoms with Crippen molar-refractivity contribution in [2.24, 2.45) is 0 Å². The predicted octanol–water partition coefficient (Wildman–Crippen LogP) is 4.89. The summed E-state index contributed by atoms with van der Waals surface area (Å²) in [5.41, 5.74) is 2.94. The molecule has 132 valence electrons. The van der Waals surface area contributed by atoms with E-state index in [1.54, 1.807) is 17.2 Å². The minimum absolute atomic E-state index is 0.0773. The zero-order chi connectivity index (χ0) is 18.4. The molecule has 0 unspecified atom stereocenters. The van der Waals surface area contributed by atoms with E-state index in [0.717, 1.165) is 39.2 Å². The lowest BCUT2D eigenvalue weighted by molar-refractivity contribution is 0.112. The molecule has 0 radical (unpaired) electrons. The number of pyridine rings is 1. The molecule has 3 aromatic rings. The number of aryl methyl sites for hydroxylation is 1. The number of aromatic nitrogens is 1. The minimum atomic E-state index is -0.299. The molecule has 1 aliphatic rings. The number of rotatable bonds is 4. The lowest BCUT2D eigenvalue weighted by atomic mass is 10.1. The predicted molar refractivity (Wildman–Crippen MR) is 103 cm³/mol. The van der Waals surface area contributed by atoms with Crippen LogP contribution in [0.2, 0.25) is 0 Å². The maximum absolute atomic E-state index is 12.8. The second-order valence-electron chi connectivity index (χ2n) is 6.35. The SMILES string of the molecule is Cc1cc(OC(C)C)ccc1N1C(=O)Nc2c(C=O)sc3nccc1c23. The van der Waals surface area contributed by atoms with Gasteiger partial charge in [0.25, 0.3) is 0 Å². The monoisotopic (exact) mass is 367 g/mol. The molecule has 1 aliphatic heterocycles. The maximum Gasteiger partial charge on any atom is 0.331 e. The second-order valence-corrected chi connectivity index (χ2v) is 7.38. The fourth-order valence-electron chi connectivity index (χ4n) is 3.15. The van der Waals surface area contributed by atoms with Gasteiger partial charge in [-0.3, -0.25) is 9.69 Å². The topological polar surface area (TPSA) is 71.5 Å². The summed E-state index contributed by atoms with van der Waals surface area (Å²) in [6.07, 6.45) is 2.49. The van der Waals surface area contributed by atoms with Crippen molar-refractivity contribution < 1.29 is 14.3 Å². The van der Waals surface area contributed by atoms with Crippen LogP contribution in [0.5, 0.6) is 5.75 Å². The first-order valence-electron chi connectivity index (χ1n) is 8.24. The maximum atomic E-state index is 12.8. The van der Waals surface area contributed by atoms with Gasteiger partial charge in [-0.15, -0.1) is 11.3 Å². The van der Waals surface area contributed by atoms with Crippen LogP contribution in [0.4, 0.5) is 21.9 Å². The van der Waals surface area contributed by atoms with E-state index in [-0.39, 0.29) is 12.1 Å². The number of benzene rings is 1. The number of ether oxygens (including phenoxy) is 1. The number of urea groups is 1. The molecule has 26 heavy (non-hydrogen) atoms. The van der Waals surface area contributed by atoms with Crippen LogP contribution in [0.1, 0.15) is 29.1 Å². The van der Waals surface area contributed by atoms with Crippen LogP contribution in [0.25, 0.3) is 10.2 Å². The van der Waals surface area contributed by atoms with Gasteiger partial charge in [-0.1, -0.05) is 0 Å². The van der Waals surface area contributed by atoms with Crippen LogP contribution in [0.15, 0.2) is 30.5 Å². The Kier molecular flexibility index (Phi) is 3.88. The Balaban J connectivity index is 1.87. The Bertz CT molecular complexity index is 1040. The van der Waals surface area contributed by atoms with E-state index in [4.69, 9.17) is 4.74 Å². The van der Waals surface area contributed by atoms with Crippen LogP contribution in [0.3, 0.4) is 0 Å². The molecular formula is C19H17N3O3S. The number of hydrogen-bond donors (Lipinski definition) is 1. The first-order chi connectivity index (χ1) is 12.5. The molecule has 3 heterocycles. The van der Waals surface area contributed by atoms with E-state index in [0.29, 0.717) is 10.6 Å². The number of carbonyl (C=O) groups is 2. The summed E-state index contributed by atoms with van der Waals surface area (Å²) in [6.45, 7) is 5.88. The number of hydrogen-bond acceptors (Lipinski definition) is 5. The molecule has 0 bridgehead atoms. The van der Waals surface area contributed by atoms with Gasteiger partial charge >= 0.3 is 6.03 Å². The second kappa shape index (κ2) is 6.10. The first-order valence-corrected chi connectivity index (χ1v) is 9.06. The highest BCUT2D eigenvalue weighted by atomic mass is 32.1. The average molecular weight is 367 g/mol. The van der Waals surface area contributed by atoms with Crippen molar-refractivity contribution in [3.63, 3.8) is 0 Å². The third kappa shape index (κ3) is 2.52. The molecular weight excluding hydrogens is 350 g/mol. The molecule has 0 aliphatic carbocycles. The largest absolute Gasteiger partial charge is 0.491 e. The number of nitrogens with one attached hydrogen (secondary N) is 1. The number of carbonyl (C=O) groups excluding carboxylic acids is 2. The molecule has 6 nitrogen and oxygen atoms in total. The van der Waals surface area contributed by atoms with Gasteiger partial charge in [-0.2, -0.15) is 0 Å².